The fourth-order valence-electron chi connectivity index (χ4n) is 3.96. The predicted molar refractivity (Wildman–Crippen MR) is 133 cm³/mol. The molecule has 4 rings (SSSR count). The summed E-state index contributed by atoms with van der Waals surface area (Å²) < 4.78 is 42.5. The van der Waals surface area contributed by atoms with Crippen LogP contribution >= 0.6 is 11.3 Å². The first-order valence-electron chi connectivity index (χ1n) is 11.4. The Bertz CT molecular complexity index is 1250. The van der Waals surface area contributed by atoms with Crippen LogP contribution in [0.25, 0.3) is 10.2 Å². The third-order valence-corrected chi connectivity index (χ3v) is 8.87. The molecule has 0 bridgehead atoms. The number of carbonyl (C=O) groups excluding carboxylic acids is 1. The van der Waals surface area contributed by atoms with Crippen LogP contribution in [0, 0.1) is 5.82 Å². The zero-order valence-corrected chi connectivity index (χ0v) is 21.0. The van der Waals surface area contributed by atoms with Gasteiger partial charge in [0.1, 0.15) is 11.3 Å². The number of para-hydroxylation sites is 1. The quantitative estimate of drug-likeness (QED) is 0.482. The SMILES string of the molecule is CN(C)CCN(C(=O)c1ccc(S(=O)(=O)N2CCCCCC2)cc1)c1nc2c(F)cccc2s1. The molecule has 1 aliphatic rings. The van der Waals surface area contributed by atoms with Gasteiger partial charge < -0.3 is 4.90 Å². The second kappa shape index (κ2) is 10.5. The Balaban J connectivity index is 1.61. The summed E-state index contributed by atoms with van der Waals surface area (Å²) in [5.74, 6) is -0.733. The highest BCUT2D eigenvalue weighted by Gasteiger charge is 2.27. The Labute approximate surface area is 203 Å². The normalized spacial score (nSPS) is 15.5. The maximum absolute atomic E-state index is 14.2. The zero-order chi connectivity index (χ0) is 24.3. The molecular formula is C24H29FN4O3S2. The summed E-state index contributed by atoms with van der Waals surface area (Å²) in [6, 6.07) is 10.8. The number of sulfonamides is 1. The van der Waals surface area contributed by atoms with Gasteiger partial charge in [-0.05, 0) is 63.3 Å². The largest absolute Gasteiger partial charge is 0.308 e. The maximum atomic E-state index is 14.2. The fourth-order valence-corrected chi connectivity index (χ4v) is 6.48. The second-order valence-corrected chi connectivity index (χ2v) is 11.6. The van der Waals surface area contributed by atoms with Gasteiger partial charge in [-0.2, -0.15) is 4.31 Å². The van der Waals surface area contributed by atoms with Gasteiger partial charge in [0.2, 0.25) is 10.0 Å². The molecule has 1 aliphatic heterocycles. The van der Waals surface area contributed by atoms with Crippen molar-refractivity contribution < 1.29 is 17.6 Å². The molecule has 7 nitrogen and oxygen atoms in total. The Hall–Kier alpha value is -2.40. The first kappa shape index (κ1) is 24.7. The van der Waals surface area contributed by atoms with Gasteiger partial charge in [0.15, 0.2) is 5.13 Å². The summed E-state index contributed by atoms with van der Waals surface area (Å²) in [6.45, 7) is 2.00. The van der Waals surface area contributed by atoms with E-state index in [1.807, 2.05) is 19.0 Å². The van der Waals surface area contributed by atoms with Gasteiger partial charge in [0.05, 0.1) is 9.60 Å². The van der Waals surface area contributed by atoms with Crippen LogP contribution in [0.5, 0.6) is 0 Å². The van der Waals surface area contributed by atoms with Crippen molar-refractivity contribution in [3.63, 3.8) is 0 Å². The lowest BCUT2D eigenvalue weighted by molar-refractivity contribution is 0.0985. The molecule has 1 saturated heterocycles. The van der Waals surface area contributed by atoms with E-state index in [9.17, 15) is 17.6 Å². The summed E-state index contributed by atoms with van der Waals surface area (Å²) >= 11 is 1.26. The number of anilines is 1. The zero-order valence-electron chi connectivity index (χ0n) is 19.4. The monoisotopic (exact) mass is 504 g/mol. The lowest BCUT2D eigenvalue weighted by atomic mass is 10.2. The number of rotatable bonds is 7. The van der Waals surface area contributed by atoms with Crippen molar-refractivity contribution in [2.75, 3.05) is 45.2 Å². The number of carbonyl (C=O) groups is 1. The number of hydrogen-bond donors (Lipinski definition) is 0. The van der Waals surface area contributed by atoms with Crippen molar-refractivity contribution in [1.82, 2.24) is 14.2 Å². The van der Waals surface area contributed by atoms with Gasteiger partial charge in [-0.3, -0.25) is 9.69 Å². The van der Waals surface area contributed by atoms with Gasteiger partial charge in [0, 0.05) is 31.7 Å². The molecule has 1 amide bonds. The molecule has 0 saturated carbocycles. The molecule has 0 N–H and O–H groups in total. The number of hydrogen-bond acceptors (Lipinski definition) is 6. The number of nitrogens with zero attached hydrogens (tertiary/aromatic N) is 4. The van der Waals surface area contributed by atoms with Crippen molar-refractivity contribution in [3.05, 3.63) is 53.8 Å². The van der Waals surface area contributed by atoms with Crippen molar-refractivity contribution in [3.8, 4) is 0 Å². The van der Waals surface area contributed by atoms with Crippen LogP contribution in [-0.2, 0) is 10.0 Å². The number of likely N-dealkylation sites (N-methyl/N-ethyl adjacent to an activating group) is 1. The maximum Gasteiger partial charge on any atom is 0.260 e. The van der Waals surface area contributed by atoms with Gasteiger partial charge >= 0.3 is 0 Å². The van der Waals surface area contributed by atoms with Gasteiger partial charge in [-0.25, -0.2) is 17.8 Å². The van der Waals surface area contributed by atoms with Crippen LogP contribution in [0.2, 0.25) is 0 Å². The van der Waals surface area contributed by atoms with Crippen molar-refractivity contribution in [1.29, 1.82) is 0 Å². The number of fused-ring (bicyclic) bond motifs is 1. The van der Waals surface area contributed by atoms with E-state index in [1.165, 1.54) is 38.7 Å². The Morgan fingerprint density at radius 1 is 1.03 bits per heavy atom. The highest BCUT2D eigenvalue weighted by Crippen LogP contribution is 2.31. The van der Waals surface area contributed by atoms with E-state index < -0.39 is 15.8 Å². The summed E-state index contributed by atoms with van der Waals surface area (Å²) in [4.78, 5) is 21.5. The van der Waals surface area contributed by atoms with Crippen LogP contribution in [0.4, 0.5) is 9.52 Å². The number of amides is 1. The van der Waals surface area contributed by atoms with E-state index in [-0.39, 0.29) is 16.3 Å². The number of halogens is 1. The lowest BCUT2D eigenvalue weighted by Crippen LogP contribution is -2.36. The van der Waals surface area contributed by atoms with Crippen LogP contribution in [-0.4, -0.2) is 68.8 Å². The van der Waals surface area contributed by atoms with E-state index in [4.69, 9.17) is 0 Å². The smallest absolute Gasteiger partial charge is 0.260 e. The molecule has 3 aromatic rings. The third-order valence-electron chi connectivity index (χ3n) is 5.91. The lowest BCUT2D eigenvalue weighted by Gasteiger charge is -2.22. The van der Waals surface area contributed by atoms with Gasteiger partial charge in [0.25, 0.3) is 5.91 Å². The third kappa shape index (κ3) is 5.30. The first-order valence-corrected chi connectivity index (χ1v) is 13.6. The van der Waals surface area contributed by atoms with E-state index in [0.29, 0.717) is 41.6 Å². The van der Waals surface area contributed by atoms with E-state index in [0.717, 1.165) is 25.7 Å². The second-order valence-electron chi connectivity index (χ2n) is 8.69. The molecular weight excluding hydrogens is 475 g/mol. The minimum atomic E-state index is -3.59. The van der Waals surface area contributed by atoms with Crippen LogP contribution < -0.4 is 4.90 Å². The highest BCUT2D eigenvalue weighted by atomic mass is 32.2. The van der Waals surface area contributed by atoms with Crippen molar-refractivity contribution in [2.45, 2.75) is 30.6 Å². The average Bonchev–Trinajstić information content (AvgIpc) is 3.05. The standard InChI is InChI=1S/C24H29FN4O3S2/c1-27(2)16-17-29(24-26-22-20(25)8-7-9-21(22)33-24)23(30)18-10-12-19(13-11-18)34(31,32)28-14-5-3-4-6-15-28/h7-13H,3-6,14-17H2,1-2H3. The van der Waals surface area contributed by atoms with Crippen molar-refractivity contribution in [2.24, 2.45) is 0 Å². The Morgan fingerprint density at radius 3 is 2.32 bits per heavy atom. The molecule has 0 atom stereocenters. The van der Waals surface area contributed by atoms with Crippen LogP contribution in [0.3, 0.4) is 0 Å². The molecule has 182 valence electrons. The number of thiazole rings is 1. The molecule has 0 radical (unpaired) electrons. The molecule has 1 fully saturated rings. The van der Waals surface area contributed by atoms with Crippen LogP contribution in [0.1, 0.15) is 36.0 Å². The van der Waals surface area contributed by atoms with E-state index in [1.54, 1.807) is 24.3 Å². The molecule has 10 heteroatoms. The molecule has 0 unspecified atom stereocenters. The van der Waals surface area contributed by atoms with Gasteiger partial charge in [-0.15, -0.1) is 0 Å². The summed E-state index contributed by atoms with van der Waals surface area (Å²) in [7, 11) is 0.218. The average molecular weight is 505 g/mol. The first-order chi connectivity index (χ1) is 16.3. The number of benzene rings is 2. The fraction of sp³-hybridized carbons (Fsp3) is 0.417. The molecule has 0 spiro atoms. The molecule has 34 heavy (non-hydrogen) atoms. The minimum Gasteiger partial charge on any atom is -0.308 e. The minimum absolute atomic E-state index is 0.188. The molecule has 0 aliphatic carbocycles. The van der Waals surface area contributed by atoms with E-state index >= 15 is 0 Å². The topological polar surface area (TPSA) is 73.8 Å². The van der Waals surface area contributed by atoms with E-state index in [2.05, 4.69) is 4.98 Å². The van der Waals surface area contributed by atoms with Gasteiger partial charge in [-0.1, -0.05) is 30.2 Å². The Morgan fingerprint density at radius 2 is 1.71 bits per heavy atom. The summed E-state index contributed by atoms with van der Waals surface area (Å²) in [5, 5.41) is 0.410. The summed E-state index contributed by atoms with van der Waals surface area (Å²) in [6.07, 6.45) is 3.80. The molecule has 1 aromatic heterocycles. The van der Waals surface area contributed by atoms with Crippen molar-refractivity contribution >= 4 is 42.6 Å². The van der Waals surface area contributed by atoms with Crippen LogP contribution in [0.15, 0.2) is 47.4 Å². The molecule has 2 aromatic carbocycles. The Kier molecular flexibility index (Phi) is 7.61. The summed E-state index contributed by atoms with van der Waals surface area (Å²) in [5.41, 5.74) is 0.595. The highest BCUT2D eigenvalue weighted by molar-refractivity contribution is 7.89. The molecule has 2 heterocycles. The predicted octanol–water partition coefficient (Wildman–Crippen LogP) is 4.21. The number of aromatic nitrogens is 1.